The first-order valence-corrected chi connectivity index (χ1v) is 6.45. The summed E-state index contributed by atoms with van der Waals surface area (Å²) in [7, 11) is 3.96. The second-order valence-electron chi connectivity index (χ2n) is 4.71. The molecule has 0 radical (unpaired) electrons. The molecule has 0 saturated heterocycles. The van der Waals surface area contributed by atoms with Gasteiger partial charge >= 0.3 is 0 Å². The highest BCUT2D eigenvalue weighted by Gasteiger charge is 2.10. The van der Waals surface area contributed by atoms with Crippen LogP contribution < -0.4 is 9.80 Å². The third-order valence-electron chi connectivity index (χ3n) is 3.00. The minimum atomic E-state index is 0.868. The van der Waals surface area contributed by atoms with E-state index < -0.39 is 0 Å². The first-order chi connectivity index (χ1) is 9.11. The summed E-state index contributed by atoms with van der Waals surface area (Å²) in [5.74, 6) is 1.84. The number of hydrogen-bond donors (Lipinski definition) is 0. The average Bonchev–Trinajstić information content (AvgIpc) is 2.40. The second kappa shape index (κ2) is 5.69. The van der Waals surface area contributed by atoms with Gasteiger partial charge in [-0.3, -0.25) is 0 Å². The predicted octanol–water partition coefficient (Wildman–Crippen LogP) is 3.01. The van der Waals surface area contributed by atoms with Crippen molar-refractivity contribution in [2.24, 2.45) is 0 Å². The molecular formula is C15H20N4. The summed E-state index contributed by atoms with van der Waals surface area (Å²) in [6.07, 6.45) is 1.61. The topological polar surface area (TPSA) is 32.3 Å². The molecule has 0 N–H and O–H groups in total. The molecule has 0 aliphatic rings. The van der Waals surface area contributed by atoms with Gasteiger partial charge in [0.05, 0.1) is 0 Å². The van der Waals surface area contributed by atoms with Gasteiger partial charge in [0.15, 0.2) is 0 Å². The van der Waals surface area contributed by atoms with Crippen LogP contribution in [0.5, 0.6) is 0 Å². The minimum absolute atomic E-state index is 0.868. The fourth-order valence-corrected chi connectivity index (χ4v) is 2.00. The molecular weight excluding hydrogens is 236 g/mol. The zero-order chi connectivity index (χ0) is 13.8. The van der Waals surface area contributed by atoms with Crippen molar-refractivity contribution in [3.63, 3.8) is 0 Å². The maximum Gasteiger partial charge on any atom is 0.138 e. The van der Waals surface area contributed by atoms with Crippen LogP contribution in [-0.4, -0.2) is 30.6 Å². The summed E-state index contributed by atoms with van der Waals surface area (Å²) >= 11 is 0. The summed E-state index contributed by atoms with van der Waals surface area (Å²) in [5.41, 5.74) is 2.41. The average molecular weight is 256 g/mol. The number of aryl methyl sites for hydroxylation is 1. The van der Waals surface area contributed by atoms with E-state index in [1.165, 1.54) is 5.56 Å². The Morgan fingerprint density at radius 1 is 1.05 bits per heavy atom. The van der Waals surface area contributed by atoms with E-state index in [9.17, 15) is 0 Å². The lowest BCUT2D eigenvalue weighted by Gasteiger charge is -2.23. The molecule has 4 nitrogen and oxygen atoms in total. The first-order valence-electron chi connectivity index (χ1n) is 6.45. The van der Waals surface area contributed by atoms with Gasteiger partial charge in [-0.25, -0.2) is 9.97 Å². The molecule has 0 amide bonds. The van der Waals surface area contributed by atoms with Crippen molar-refractivity contribution in [1.29, 1.82) is 0 Å². The molecule has 0 fully saturated rings. The molecule has 0 bridgehead atoms. The van der Waals surface area contributed by atoms with E-state index in [-0.39, 0.29) is 0 Å². The molecule has 1 heterocycles. The number of rotatable bonds is 4. The quantitative estimate of drug-likeness (QED) is 0.841. The van der Waals surface area contributed by atoms with E-state index >= 15 is 0 Å². The molecule has 0 saturated carbocycles. The molecule has 1 aromatic carbocycles. The van der Waals surface area contributed by atoms with Crippen molar-refractivity contribution in [2.45, 2.75) is 13.8 Å². The van der Waals surface area contributed by atoms with Crippen molar-refractivity contribution in [3.8, 4) is 0 Å². The van der Waals surface area contributed by atoms with Crippen LogP contribution >= 0.6 is 0 Å². The summed E-state index contributed by atoms with van der Waals surface area (Å²) in [6, 6.07) is 10.4. The second-order valence-corrected chi connectivity index (χ2v) is 4.71. The normalized spacial score (nSPS) is 10.3. The Kier molecular flexibility index (Phi) is 4.00. The number of aromatic nitrogens is 2. The van der Waals surface area contributed by atoms with Gasteiger partial charge in [-0.2, -0.15) is 0 Å². The molecule has 0 atom stereocenters. The molecule has 0 unspecified atom stereocenters. The van der Waals surface area contributed by atoms with Crippen molar-refractivity contribution in [1.82, 2.24) is 9.97 Å². The van der Waals surface area contributed by atoms with Gasteiger partial charge in [0.25, 0.3) is 0 Å². The van der Waals surface area contributed by atoms with E-state index in [0.29, 0.717) is 0 Å². The van der Waals surface area contributed by atoms with Gasteiger partial charge in [0.1, 0.15) is 18.0 Å². The number of benzene rings is 1. The van der Waals surface area contributed by atoms with Crippen molar-refractivity contribution in [2.75, 3.05) is 30.4 Å². The fourth-order valence-electron chi connectivity index (χ4n) is 2.00. The smallest absolute Gasteiger partial charge is 0.138 e. The molecule has 0 spiro atoms. The fraction of sp³-hybridized carbons (Fsp3) is 0.333. The Labute approximate surface area is 114 Å². The van der Waals surface area contributed by atoms with Crippen molar-refractivity contribution >= 4 is 17.3 Å². The number of hydrogen-bond acceptors (Lipinski definition) is 4. The molecule has 0 aliphatic carbocycles. The third kappa shape index (κ3) is 3.02. The van der Waals surface area contributed by atoms with E-state index in [1.807, 2.05) is 25.1 Å². The lowest BCUT2D eigenvalue weighted by molar-refractivity contribution is 0.960. The summed E-state index contributed by atoms with van der Waals surface area (Å²) in [5, 5.41) is 0. The van der Waals surface area contributed by atoms with Crippen LogP contribution in [0.4, 0.5) is 17.3 Å². The SMILES string of the molecule is CCN(c1cccc(C)c1)c1cc(N(C)C)ncn1. The number of nitrogens with zero attached hydrogens (tertiary/aromatic N) is 4. The first kappa shape index (κ1) is 13.3. The highest BCUT2D eigenvalue weighted by atomic mass is 15.2. The van der Waals surface area contributed by atoms with Gasteiger partial charge in [0.2, 0.25) is 0 Å². The van der Waals surface area contributed by atoms with Gasteiger partial charge in [-0.05, 0) is 31.5 Å². The van der Waals surface area contributed by atoms with Crippen LogP contribution in [0.25, 0.3) is 0 Å². The van der Waals surface area contributed by atoms with E-state index in [4.69, 9.17) is 0 Å². The van der Waals surface area contributed by atoms with E-state index in [0.717, 1.165) is 23.9 Å². The van der Waals surface area contributed by atoms with Crippen LogP contribution in [0.1, 0.15) is 12.5 Å². The largest absolute Gasteiger partial charge is 0.363 e. The molecule has 4 heteroatoms. The standard InChI is InChI=1S/C15H20N4/c1-5-19(13-8-6-7-12(2)9-13)15-10-14(18(3)4)16-11-17-15/h6-11H,5H2,1-4H3. The Bertz CT molecular complexity index is 551. The molecule has 100 valence electrons. The van der Waals surface area contributed by atoms with Crippen LogP contribution in [0.3, 0.4) is 0 Å². The highest BCUT2D eigenvalue weighted by molar-refractivity contribution is 5.62. The highest BCUT2D eigenvalue weighted by Crippen LogP contribution is 2.25. The third-order valence-corrected chi connectivity index (χ3v) is 3.00. The van der Waals surface area contributed by atoms with Gasteiger partial charge in [-0.15, -0.1) is 0 Å². The number of anilines is 3. The molecule has 2 aromatic rings. The maximum absolute atomic E-state index is 4.39. The predicted molar refractivity (Wildman–Crippen MR) is 80.2 cm³/mol. The molecule has 2 rings (SSSR count). The van der Waals surface area contributed by atoms with Crippen LogP contribution in [0.2, 0.25) is 0 Å². The molecule has 19 heavy (non-hydrogen) atoms. The van der Waals surface area contributed by atoms with Crippen molar-refractivity contribution < 1.29 is 0 Å². The molecule has 1 aromatic heterocycles. The van der Waals surface area contributed by atoms with Gasteiger partial charge < -0.3 is 9.80 Å². The Hall–Kier alpha value is -2.10. The Morgan fingerprint density at radius 3 is 2.42 bits per heavy atom. The maximum atomic E-state index is 4.39. The van der Waals surface area contributed by atoms with E-state index in [2.05, 4.69) is 53.0 Å². The minimum Gasteiger partial charge on any atom is -0.363 e. The Balaban J connectivity index is 2.39. The van der Waals surface area contributed by atoms with Crippen LogP contribution in [-0.2, 0) is 0 Å². The zero-order valence-electron chi connectivity index (χ0n) is 12.0. The van der Waals surface area contributed by atoms with Crippen LogP contribution in [0, 0.1) is 6.92 Å². The van der Waals surface area contributed by atoms with E-state index in [1.54, 1.807) is 6.33 Å². The monoisotopic (exact) mass is 256 g/mol. The summed E-state index contributed by atoms with van der Waals surface area (Å²) < 4.78 is 0. The van der Waals surface area contributed by atoms with Crippen molar-refractivity contribution in [3.05, 3.63) is 42.2 Å². The van der Waals surface area contributed by atoms with Gasteiger partial charge in [0, 0.05) is 32.4 Å². The lowest BCUT2D eigenvalue weighted by Crippen LogP contribution is -2.19. The zero-order valence-corrected chi connectivity index (χ0v) is 12.0. The summed E-state index contributed by atoms with van der Waals surface area (Å²) in [6.45, 7) is 5.09. The Morgan fingerprint density at radius 2 is 1.79 bits per heavy atom. The molecule has 0 aliphatic heterocycles. The summed E-state index contributed by atoms with van der Waals surface area (Å²) in [4.78, 5) is 12.8. The van der Waals surface area contributed by atoms with Crippen LogP contribution in [0.15, 0.2) is 36.7 Å². The van der Waals surface area contributed by atoms with Gasteiger partial charge in [-0.1, -0.05) is 12.1 Å². The lowest BCUT2D eigenvalue weighted by atomic mass is 10.2.